The summed E-state index contributed by atoms with van der Waals surface area (Å²) < 4.78 is 1.79. The number of carbonyl (C=O) groups is 1. The minimum absolute atomic E-state index is 0.231. The fourth-order valence-electron chi connectivity index (χ4n) is 1.63. The van der Waals surface area contributed by atoms with Crippen LogP contribution in [0.5, 0.6) is 0 Å². The molecule has 0 bridgehead atoms. The van der Waals surface area contributed by atoms with Crippen molar-refractivity contribution in [2.24, 2.45) is 0 Å². The Morgan fingerprint density at radius 2 is 2.21 bits per heavy atom. The number of rotatable bonds is 4. The van der Waals surface area contributed by atoms with Gasteiger partial charge in [0.25, 0.3) is 5.91 Å². The van der Waals surface area contributed by atoms with E-state index in [2.05, 4.69) is 27.3 Å². The average Bonchev–Trinajstić information content (AvgIpc) is 2.86. The van der Waals surface area contributed by atoms with Crippen LogP contribution >= 0.6 is 0 Å². The van der Waals surface area contributed by atoms with E-state index in [9.17, 15) is 4.79 Å². The molecule has 1 N–H and O–H groups in total. The highest BCUT2D eigenvalue weighted by molar-refractivity contribution is 6.02. The van der Waals surface area contributed by atoms with E-state index in [1.807, 2.05) is 13.8 Å². The van der Waals surface area contributed by atoms with Crippen molar-refractivity contribution in [1.82, 2.24) is 19.7 Å². The third kappa shape index (κ3) is 2.96. The van der Waals surface area contributed by atoms with E-state index in [1.165, 1.54) is 6.20 Å². The number of aryl methyl sites for hydroxylation is 1. The van der Waals surface area contributed by atoms with Gasteiger partial charge in [0.15, 0.2) is 0 Å². The normalized spacial score (nSPS) is 12.2. The molecule has 6 nitrogen and oxygen atoms in total. The van der Waals surface area contributed by atoms with Crippen molar-refractivity contribution >= 4 is 11.7 Å². The summed E-state index contributed by atoms with van der Waals surface area (Å²) in [6.45, 7) is 5.95. The first-order valence-electron chi connectivity index (χ1n) is 6.25. The van der Waals surface area contributed by atoms with E-state index >= 15 is 0 Å². The topological polar surface area (TPSA) is 72.7 Å². The number of amides is 1. The number of nitrogens with one attached hydrogen (secondary N) is 1. The van der Waals surface area contributed by atoms with Crippen LogP contribution in [0.3, 0.4) is 0 Å². The second-order valence-electron chi connectivity index (χ2n) is 4.42. The van der Waals surface area contributed by atoms with Crippen molar-refractivity contribution in [3.63, 3.8) is 0 Å². The SMILES string of the molecule is CCC(C)n1nccc1NC(=O)c1cnc(C)cn1. The average molecular weight is 259 g/mol. The molecule has 2 aromatic heterocycles. The van der Waals surface area contributed by atoms with Crippen LogP contribution in [-0.2, 0) is 0 Å². The summed E-state index contributed by atoms with van der Waals surface area (Å²) in [4.78, 5) is 20.1. The zero-order valence-electron chi connectivity index (χ0n) is 11.3. The molecule has 100 valence electrons. The Kier molecular flexibility index (Phi) is 3.89. The summed E-state index contributed by atoms with van der Waals surface area (Å²) in [5, 5.41) is 7.01. The first kappa shape index (κ1) is 13.2. The van der Waals surface area contributed by atoms with Crippen LogP contribution in [0.4, 0.5) is 5.82 Å². The maximum atomic E-state index is 12.0. The molecule has 0 aromatic carbocycles. The largest absolute Gasteiger partial charge is 0.305 e. The minimum Gasteiger partial charge on any atom is -0.305 e. The second-order valence-corrected chi connectivity index (χ2v) is 4.42. The standard InChI is InChI=1S/C13H17N5O/c1-4-10(3)18-12(5-6-16-18)17-13(19)11-8-14-9(2)7-15-11/h5-8,10H,4H2,1-3H3,(H,17,19). The predicted molar refractivity (Wildman–Crippen MR) is 72.0 cm³/mol. The molecular weight excluding hydrogens is 242 g/mol. The van der Waals surface area contributed by atoms with Gasteiger partial charge in [-0.1, -0.05) is 6.92 Å². The Morgan fingerprint density at radius 3 is 2.84 bits per heavy atom. The van der Waals surface area contributed by atoms with E-state index in [4.69, 9.17) is 0 Å². The quantitative estimate of drug-likeness (QED) is 0.913. The number of hydrogen-bond donors (Lipinski definition) is 1. The summed E-state index contributed by atoms with van der Waals surface area (Å²) in [6.07, 6.45) is 5.65. The molecule has 0 aliphatic rings. The zero-order valence-corrected chi connectivity index (χ0v) is 11.3. The highest BCUT2D eigenvalue weighted by atomic mass is 16.2. The van der Waals surface area contributed by atoms with Gasteiger partial charge in [-0.2, -0.15) is 5.10 Å². The lowest BCUT2D eigenvalue weighted by atomic mass is 10.3. The van der Waals surface area contributed by atoms with Crippen molar-refractivity contribution in [2.45, 2.75) is 33.2 Å². The molecule has 0 saturated heterocycles. The van der Waals surface area contributed by atoms with Gasteiger partial charge >= 0.3 is 0 Å². The Morgan fingerprint density at radius 1 is 1.42 bits per heavy atom. The highest BCUT2D eigenvalue weighted by Crippen LogP contribution is 2.16. The molecule has 0 saturated carbocycles. The van der Waals surface area contributed by atoms with Crippen molar-refractivity contribution in [2.75, 3.05) is 5.32 Å². The summed E-state index contributed by atoms with van der Waals surface area (Å²) >= 11 is 0. The van der Waals surface area contributed by atoms with Crippen LogP contribution in [0.2, 0.25) is 0 Å². The summed E-state index contributed by atoms with van der Waals surface area (Å²) in [6, 6.07) is 2.00. The molecule has 2 aromatic rings. The maximum Gasteiger partial charge on any atom is 0.277 e. The predicted octanol–water partition coefficient (Wildman–Crippen LogP) is 2.20. The number of nitrogens with zero attached hydrogens (tertiary/aromatic N) is 4. The van der Waals surface area contributed by atoms with Gasteiger partial charge < -0.3 is 5.32 Å². The van der Waals surface area contributed by atoms with Gasteiger partial charge in [-0.3, -0.25) is 9.78 Å². The summed E-state index contributed by atoms with van der Waals surface area (Å²) in [5.74, 6) is 0.388. The van der Waals surface area contributed by atoms with Crippen LogP contribution in [0.15, 0.2) is 24.7 Å². The summed E-state index contributed by atoms with van der Waals surface area (Å²) in [7, 11) is 0. The van der Waals surface area contributed by atoms with Crippen molar-refractivity contribution in [3.05, 3.63) is 36.0 Å². The minimum atomic E-state index is -0.280. The van der Waals surface area contributed by atoms with Gasteiger partial charge in [0, 0.05) is 12.3 Å². The third-order valence-corrected chi connectivity index (χ3v) is 2.93. The first-order chi connectivity index (χ1) is 9.11. The molecule has 0 radical (unpaired) electrons. The van der Waals surface area contributed by atoms with E-state index in [-0.39, 0.29) is 11.9 Å². The van der Waals surface area contributed by atoms with Crippen molar-refractivity contribution in [1.29, 1.82) is 0 Å². The Hall–Kier alpha value is -2.24. The highest BCUT2D eigenvalue weighted by Gasteiger charge is 2.13. The van der Waals surface area contributed by atoms with Gasteiger partial charge in [0.1, 0.15) is 11.5 Å². The number of anilines is 1. The second kappa shape index (κ2) is 5.60. The number of carbonyl (C=O) groups excluding carboxylic acids is 1. The fourth-order valence-corrected chi connectivity index (χ4v) is 1.63. The molecule has 0 aliphatic carbocycles. The smallest absolute Gasteiger partial charge is 0.277 e. The van der Waals surface area contributed by atoms with Gasteiger partial charge in [-0.05, 0) is 20.3 Å². The number of hydrogen-bond acceptors (Lipinski definition) is 4. The third-order valence-electron chi connectivity index (χ3n) is 2.93. The molecule has 2 rings (SSSR count). The molecule has 0 fully saturated rings. The lowest BCUT2D eigenvalue weighted by Crippen LogP contribution is -2.18. The van der Waals surface area contributed by atoms with E-state index in [0.29, 0.717) is 11.5 Å². The molecule has 19 heavy (non-hydrogen) atoms. The van der Waals surface area contributed by atoms with Crippen molar-refractivity contribution < 1.29 is 4.79 Å². The van der Waals surface area contributed by atoms with Crippen LogP contribution < -0.4 is 5.32 Å². The van der Waals surface area contributed by atoms with Crippen LogP contribution in [-0.4, -0.2) is 25.7 Å². The maximum absolute atomic E-state index is 12.0. The van der Waals surface area contributed by atoms with Gasteiger partial charge in [-0.15, -0.1) is 0 Å². The van der Waals surface area contributed by atoms with Gasteiger partial charge in [-0.25, -0.2) is 9.67 Å². The van der Waals surface area contributed by atoms with Gasteiger partial charge in [0.2, 0.25) is 0 Å². The first-order valence-corrected chi connectivity index (χ1v) is 6.25. The fraction of sp³-hybridized carbons (Fsp3) is 0.385. The zero-order chi connectivity index (χ0) is 13.8. The summed E-state index contributed by atoms with van der Waals surface area (Å²) in [5.41, 5.74) is 1.07. The monoisotopic (exact) mass is 259 g/mol. The van der Waals surface area contributed by atoms with Crippen LogP contribution in [0.25, 0.3) is 0 Å². The van der Waals surface area contributed by atoms with Crippen molar-refractivity contribution in [3.8, 4) is 0 Å². The molecule has 6 heteroatoms. The molecule has 0 aliphatic heterocycles. The Labute approximate surface area is 111 Å². The Balaban J connectivity index is 2.15. The van der Waals surface area contributed by atoms with E-state index < -0.39 is 0 Å². The molecular formula is C13H17N5O. The lowest BCUT2D eigenvalue weighted by molar-refractivity contribution is 0.102. The number of aromatic nitrogens is 4. The molecule has 1 atom stereocenters. The van der Waals surface area contributed by atoms with Crippen LogP contribution in [0.1, 0.15) is 42.5 Å². The molecule has 0 spiro atoms. The Bertz CT molecular complexity index is 561. The van der Waals surface area contributed by atoms with E-state index in [1.54, 1.807) is 23.1 Å². The molecule has 2 heterocycles. The van der Waals surface area contributed by atoms with E-state index in [0.717, 1.165) is 12.1 Å². The lowest BCUT2D eigenvalue weighted by Gasteiger charge is -2.13. The van der Waals surface area contributed by atoms with Crippen LogP contribution in [0, 0.1) is 6.92 Å². The molecule has 1 amide bonds. The molecule has 1 unspecified atom stereocenters. The van der Waals surface area contributed by atoms with Gasteiger partial charge in [0.05, 0.1) is 24.1 Å².